The first-order valence-corrected chi connectivity index (χ1v) is 9.55. The van der Waals surface area contributed by atoms with Gasteiger partial charge in [0.15, 0.2) is 0 Å². The number of piperidine rings is 1. The molecule has 0 amide bonds. The zero-order chi connectivity index (χ0) is 19.1. The molecule has 0 aliphatic carbocycles. The Balaban J connectivity index is 1.33. The third-order valence-corrected chi connectivity index (χ3v) is 5.49. The van der Waals surface area contributed by atoms with Crippen LogP contribution in [0.25, 0.3) is 16.7 Å². The summed E-state index contributed by atoms with van der Waals surface area (Å²) in [4.78, 5) is 28.1. The van der Waals surface area contributed by atoms with Crippen molar-refractivity contribution < 1.29 is 0 Å². The van der Waals surface area contributed by atoms with Crippen LogP contribution in [0.1, 0.15) is 18.5 Å². The molecule has 0 bridgehead atoms. The van der Waals surface area contributed by atoms with Crippen LogP contribution in [0, 0.1) is 12.8 Å². The van der Waals surface area contributed by atoms with Crippen LogP contribution in [-0.2, 0) is 6.54 Å². The lowest BCUT2D eigenvalue weighted by atomic mass is 9.96. The van der Waals surface area contributed by atoms with Crippen LogP contribution in [0.3, 0.4) is 0 Å². The van der Waals surface area contributed by atoms with Crippen LogP contribution in [0.2, 0.25) is 0 Å². The first-order chi connectivity index (χ1) is 13.7. The fourth-order valence-electron chi connectivity index (χ4n) is 4.00. The number of aromatic nitrogens is 6. The molecule has 4 aromatic rings. The molecule has 0 unspecified atom stereocenters. The Labute approximate surface area is 161 Å². The van der Waals surface area contributed by atoms with Crippen molar-refractivity contribution in [2.75, 3.05) is 18.0 Å². The maximum atomic E-state index is 12.7. The number of anilines is 1. The second-order valence-electron chi connectivity index (χ2n) is 7.38. The van der Waals surface area contributed by atoms with E-state index in [0.717, 1.165) is 43.0 Å². The minimum absolute atomic E-state index is 0.0436. The Morgan fingerprint density at radius 3 is 2.82 bits per heavy atom. The van der Waals surface area contributed by atoms with Gasteiger partial charge < -0.3 is 4.90 Å². The van der Waals surface area contributed by atoms with Gasteiger partial charge in [-0.3, -0.25) is 9.36 Å². The molecule has 0 radical (unpaired) electrons. The van der Waals surface area contributed by atoms with Gasteiger partial charge in [0.1, 0.15) is 12.1 Å². The maximum Gasteiger partial charge on any atom is 0.261 e. The summed E-state index contributed by atoms with van der Waals surface area (Å²) in [6, 6.07) is 9.57. The lowest BCUT2D eigenvalue weighted by Gasteiger charge is -2.33. The van der Waals surface area contributed by atoms with Gasteiger partial charge in [0.05, 0.1) is 17.2 Å². The number of para-hydroxylation sites is 1. The van der Waals surface area contributed by atoms with Crippen molar-refractivity contribution in [2.45, 2.75) is 26.3 Å². The first-order valence-electron chi connectivity index (χ1n) is 9.55. The van der Waals surface area contributed by atoms with E-state index >= 15 is 0 Å². The normalized spacial score (nSPS) is 15.5. The Morgan fingerprint density at radius 2 is 1.96 bits per heavy atom. The maximum absolute atomic E-state index is 12.7. The van der Waals surface area contributed by atoms with Crippen LogP contribution >= 0.6 is 0 Å². The average Bonchev–Trinajstić information content (AvgIpc) is 3.19. The highest BCUT2D eigenvalue weighted by atomic mass is 16.1. The summed E-state index contributed by atoms with van der Waals surface area (Å²) in [5.41, 5.74) is 1.73. The molecule has 1 fully saturated rings. The molecule has 142 valence electrons. The summed E-state index contributed by atoms with van der Waals surface area (Å²) in [6.45, 7) is 4.51. The zero-order valence-electron chi connectivity index (χ0n) is 15.7. The number of rotatable bonds is 3. The number of fused-ring (bicyclic) bond motifs is 2. The molecule has 0 atom stereocenters. The number of aryl methyl sites for hydroxylation is 1. The summed E-state index contributed by atoms with van der Waals surface area (Å²) in [5.74, 6) is 2.11. The van der Waals surface area contributed by atoms with Crippen molar-refractivity contribution >= 4 is 22.5 Å². The average molecular weight is 375 g/mol. The van der Waals surface area contributed by atoms with Gasteiger partial charge in [-0.15, -0.1) is 0 Å². The molecule has 0 N–H and O–H groups in total. The predicted molar refractivity (Wildman–Crippen MR) is 106 cm³/mol. The molecule has 0 spiro atoms. The van der Waals surface area contributed by atoms with Crippen LogP contribution in [0.15, 0.2) is 47.8 Å². The minimum atomic E-state index is 0.0436. The fraction of sp³-hybridized carbons (Fsp3) is 0.350. The van der Waals surface area contributed by atoms with Gasteiger partial charge in [-0.2, -0.15) is 14.6 Å². The van der Waals surface area contributed by atoms with Crippen LogP contribution in [0.5, 0.6) is 0 Å². The van der Waals surface area contributed by atoms with Gasteiger partial charge in [0.2, 0.25) is 0 Å². The molecular formula is C20H21N7O. The molecule has 1 aliphatic rings. The van der Waals surface area contributed by atoms with Crippen molar-refractivity contribution in [3.05, 3.63) is 59.0 Å². The molecule has 5 rings (SSSR count). The lowest BCUT2D eigenvalue weighted by molar-refractivity contribution is 0.350. The topological polar surface area (TPSA) is 81.2 Å². The summed E-state index contributed by atoms with van der Waals surface area (Å²) >= 11 is 0. The monoisotopic (exact) mass is 375 g/mol. The number of nitrogens with zero attached hydrogens (tertiary/aromatic N) is 7. The molecule has 1 aromatic carbocycles. The van der Waals surface area contributed by atoms with Gasteiger partial charge in [-0.05, 0) is 37.8 Å². The SMILES string of the molecule is Cc1cc(N2CCC(Cn3cnc4ccccc4c3=O)CC2)n2ncnc2n1. The summed E-state index contributed by atoms with van der Waals surface area (Å²) in [5, 5.41) is 4.99. The van der Waals surface area contributed by atoms with Gasteiger partial charge in [-0.25, -0.2) is 9.97 Å². The molecule has 3 aromatic heterocycles. The van der Waals surface area contributed by atoms with E-state index in [0.29, 0.717) is 23.6 Å². The highest BCUT2D eigenvalue weighted by Crippen LogP contribution is 2.24. The van der Waals surface area contributed by atoms with Gasteiger partial charge in [0.25, 0.3) is 11.3 Å². The number of hydrogen-bond acceptors (Lipinski definition) is 6. The Bertz CT molecular complexity index is 1200. The molecule has 1 aliphatic heterocycles. The largest absolute Gasteiger partial charge is 0.356 e. The van der Waals surface area contributed by atoms with E-state index in [1.54, 1.807) is 15.4 Å². The smallest absolute Gasteiger partial charge is 0.261 e. The highest BCUT2D eigenvalue weighted by Gasteiger charge is 2.22. The summed E-state index contributed by atoms with van der Waals surface area (Å²) in [6.07, 6.45) is 5.24. The molecular weight excluding hydrogens is 354 g/mol. The van der Waals surface area contributed by atoms with E-state index in [1.807, 2.05) is 31.2 Å². The van der Waals surface area contributed by atoms with Crippen molar-refractivity contribution in [3.8, 4) is 0 Å². The molecule has 8 nitrogen and oxygen atoms in total. The Hall–Kier alpha value is -3.29. The number of hydrogen-bond donors (Lipinski definition) is 0. The van der Waals surface area contributed by atoms with E-state index in [-0.39, 0.29) is 5.56 Å². The first kappa shape index (κ1) is 16.9. The Morgan fingerprint density at radius 1 is 1.14 bits per heavy atom. The highest BCUT2D eigenvalue weighted by molar-refractivity contribution is 5.76. The molecule has 4 heterocycles. The second kappa shape index (κ2) is 6.70. The van der Waals surface area contributed by atoms with Gasteiger partial charge in [-0.1, -0.05) is 12.1 Å². The third kappa shape index (κ3) is 2.90. The summed E-state index contributed by atoms with van der Waals surface area (Å²) in [7, 11) is 0. The van der Waals surface area contributed by atoms with Crippen LogP contribution < -0.4 is 10.5 Å². The standard InChI is InChI=1S/C20H21N7O/c1-14-10-18(27-20(24-14)21-12-23-27)25-8-6-15(7-9-25)11-26-13-22-17-5-3-2-4-16(17)19(26)28/h2-5,10,12-13,15H,6-9,11H2,1H3. The molecule has 28 heavy (non-hydrogen) atoms. The second-order valence-corrected chi connectivity index (χ2v) is 7.38. The lowest BCUT2D eigenvalue weighted by Crippen LogP contribution is -2.37. The quantitative estimate of drug-likeness (QED) is 0.545. The van der Waals surface area contributed by atoms with Crippen molar-refractivity contribution in [2.24, 2.45) is 5.92 Å². The number of benzene rings is 1. The molecule has 8 heteroatoms. The van der Waals surface area contributed by atoms with E-state index < -0.39 is 0 Å². The van der Waals surface area contributed by atoms with Crippen molar-refractivity contribution in [3.63, 3.8) is 0 Å². The van der Waals surface area contributed by atoms with E-state index in [4.69, 9.17) is 0 Å². The van der Waals surface area contributed by atoms with E-state index in [2.05, 4.69) is 31.0 Å². The zero-order valence-corrected chi connectivity index (χ0v) is 15.7. The predicted octanol–water partition coefficient (Wildman–Crippen LogP) is 2.06. The summed E-state index contributed by atoms with van der Waals surface area (Å²) < 4.78 is 3.56. The molecule has 1 saturated heterocycles. The third-order valence-electron chi connectivity index (χ3n) is 5.49. The minimum Gasteiger partial charge on any atom is -0.356 e. The fourth-order valence-corrected chi connectivity index (χ4v) is 4.00. The van der Waals surface area contributed by atoms with Gasteiger partial charge in [0, 0.05) is 31.4 Å². The van der Waals surface area contributed by atoms with Crippen LogP contribution in [-0.4, -0.2) is 42.2 Å². The Kier molecular flexibility index (Phi) is 4.03. The van der Waals surface area contributed by atoms with Crippen molar-refractivity contribution in [1.82, 2.24) is 29.1 Å². The van der Waals surface area contributed by atoms with Crippen LogP contribution in [0.4, 0.5) is 5.82 Å². The van der Waals surface area contributed by atoms with E-state index in [1.165, 1.54) is 6.33 Å². The van der Waals surface area contributed by atoms with Crippen molar-refractivity contribution in [1.29, 1.82) is 0 Å². The van der Waals surface area contributed by atoms with Gasteiger partial charge >= 0.3 is 0 Å². The van der Waals surface area contributed by atoms with E-state index in [9.17, 15) is 4.79 Å². The molecule has 0 saturated carbocycles.